The lowest BCUT2D eigenvalue weighted by atomic mass is 10.3. The molecular weight excluding hydrogens is 276 g/mol. The number of hydrogen-bond donors (Lipinski definition) is 2. The fourth-order valence-corrected chi connectivity index (χ4v) is 2.76. The molecule has 1 aromatic carbocycles. The van der Waals surface area contributed by atoms with Crippen LogP contribution in [0.15, 0.2) is 18.2 Å². The largest absolute Gasteiger partial charge is 0.397 e. The molecule has 0 unspecified atom stereocenters. The molecule has 0 aliphatic carbocycles. The van der Waals surface area contributed by atoms with E-state index in [9.17, 15) is 13.2 Å². The van der Waals surface area contributed by atoms with Crippen molar-refractivity contribution in [3.8, 4) is 0 Å². The highest BCUT2D eigenvalue weighted by molar-refractivity contribution is 7.92. The van der Waals surface area contributed by atoms with E-state index in [0.29, 0.717) is 22.8 Å². The number of nitrogen functional groups attached to an aromatic ring is 1. The topological polar surface area (TPSA) is 89.3 Å². The van der Waals surface area contributed by atoms with Gasteiger partial charge in [-0.2, -0.15) is 0 Å². The SMILES string of the molecule is CCCS(=O)(=O)CC(=O)Nc1ccc(Cl)c(N)c1. The summed E-state index contributed by atoms with van der Waals surface area (Å²) in [6, 6.07) is 4.57. The molecule has 0 bridgehead atoms. The van der Waals surface area contributed by atoms with Gasteiger partial charge in [0, 0.05) is 5.69 Å². The Morgan fingerprint density at radius 2 is 2.11 bits per heavy atom. The summed E-state index contributed by atoms with van der Waals surface area (Å²) in [6.07, 6.45) is 0.490. The number of nitrogens with two attached hydrogens (primary N) is 1. The second-order valence-electron chi connectivity index (χ2n) is 3.88. The van der Waals surface area contributed by atoms with Crippen LogP contribution in [0.2, 0.25) is 5.02 Å². The van der Waals surface area contributed by atoms with Gasteiger partial charge in [0.05, 0.1) is 16.5 Å². The fraction of sp³-hybridized carbons (Fsp3) is 0.364. The van der Waals surface area contributed by atoms with Crippen LogP contribution in [0.5, 0.6) is 0 Å². The Kier molecular flexibility index (Phi) is 4.98. The average molecular weight is 291 g/mol. The lowest BCUT2D eigenvalue weighted by molar-refractivity contribution is -0.113. The normalized spacial score (nSPS) is 11.2. The molecule has 5 nitrogen and oxygen atoms in total. The first-order valence-corrected chi connectivity index (χ1v) is 7.59. The molecule has 0 aliphatic heterocycles. The first-order valence-electron chi connectivity index (χ1n) is 5.39. The first-order chi connectivity index (χ1) is 8.34. The van der Waals surface area contributed by atoms with Gasteiger partial charge in [0.1, 0.15) is 5.75 Å². The maximum Gasteiger partial charge on any atom is 0.239 e. The molecule has 0 radical (unpaired) electrons. The van der Waals surface area contributed by atoms with Crippen molar-refractivity contribution in [2.45, 2.75) is 13.3 Å². The number of carbonyl (C=O) groups is 1. The van der Waals surface area contributed by atoms with E-state index in [1.165, 1.54) is 12.1 Å². The Labute approximate surface area is 111 Å². The van der Waals surface area contributed by atoms with E-state index in [-0.39, 0.29) is 5.75 Å². The number of benzene rings is 1. The molecule has 0 fully saturated rings. The van der Waals surface area contributed by atoms with Gasteiger partial charge < -0.3 is 11.1 Å². The van der Waals surface area contributed by atoms with Crippen LogP contribution in [0.25, 0.3) is 0 Å². The summed E-state index contributed by atoms with van der Waals surface area (Å²) in [5.74, 6) is -1.10. The second-order valence-corrected chi connectivity index (χ2v) is 6.47. The van der Waals surface area contributed by atoms with Crippen molar-refractivity contribution in [2.24, 2.45) is 0 Å². The molecule has 3 N–H and O–H groups in total. The van der Waals surface area contributed by atoms with Crippen molar-refractivity contribution in [2.75, 3.05) is 22.6 Å². The molecule has 100 valence electrons. The number of hydrogen-bond acceptors (Lipinski definition) is 4. The molecule has 0 aromatic heterocycles. The van der Waals surface area contributed by atoms with Gasteiger partial charge in [-0.15, -0.1) is 0 Å². The third kappa shape index (κ3) is 4.54. The summed E-state index contributed by atoms with van der Waals surface area (Å²) >= 11 is 5.73. The summed E-state index contributed by atoms with van der Waals surface area (Å²) < 4.78 is 22.9. The van der Waals surface area contributed by atoms with Crippen LogP contribution in [0.4, 0.5) is 11.4 Å². The Bertz CT molecular complexity index is 543. The van der Waals surface area contributed by atoms with Crippen molar-refractivity contribution in [1.29, 1.82) is 0 Å². The van der Waals surface area contributed by atoms with Gasteiger partial charge in [-0.1, -0.05) is 18.5 Å². The third-order valence-electron chi connectivity index (χ3n) is 2.15. The third-order valence-corrected chi connectivity index (χ3v) is 4.22. The van der Waals surface area contributed by atoms with Crippen LogP contribution in [0.1, 0.15) is 13.3 Å². The van der Waals surface area contributed by atoms with Crippen molar-refractivity contribution < 1.29 is 13.2 Å². The van der Waals surface area contributed by atoms with Gasteiger partial charge in [0.25, 0.3) is 0 Å². The number of sulfone groups is 1. The van der Waals surface area contributed by atoms with Crippen LogP contribution >= 0.6 is 11.6 Å². The predicted octanol–water partition coefficient (Wildman–Crippen LogP) is 1.69. The Balaban J connectivity index is 2.68. The van der Waals surface area contributed by atoms with E-state index in [2.05, 4.69) is 5.32 Å². The molecule has 7 heteroatoms. The van der Waals surface area contributed by atoms with Crippen molar-refractivity contribution in [3.63, 3.8) is 0 Å². The average Bonchev–Trinajstić information content (AvgIpc) is 2.22. The van der Waals surface area contributed by atoms with E-state index in [1.54, 1.807) is 13.0 Å². The van der Waals surface area contributed by atoms with Crippen LogP contribution in [-0.2, 0) is 14.6 Å². The van der Waals surface area contributed by atoms with Gasteiger partial charge in [-0.3, -0.25) is 4.79 Å². The molecule has 18 heavy (non-hydrogen) atoms. The van der Waals surface area contributed by atoms with Crippen molar-refractivity contribution >= 4 is 38.7 Å². The van der Waals surface area contributed by atoms with Crippen LogP contribution < -0.4 is 11.1 Å². The van der Waals surface area contributed by atoms with E-state index in [0.717, 1.165) is 0 Å². The number of amides is 1. The summed E-state index contributed by atoms with van der Waals surface area (Å²) in [5.41, 5.74) is 6.32. The molecule has 0 spiro atoms. The van der Waals surface area contributed by atoms with Crippen LogP contribution in [0.3, 0.4) is 0 Å². The van der Waals surface area contributed by atoms with Gasteiger partial charge in [-0.05, 0) is 24.6 Å². The molecule has 0 aliphatic rings. The quantitative estimate of drug-likeness (QED) is 0.808. The number of carbonyl (C=O) groups excluding carboxylic acids is 1. The summed E-state index contributed by atoms with van der Waals surface area (Å²) in [6.45, 7) is 1.75. The lowest BCUT2D eigenvalue weighted by Gasteiger charge is -2.07. The van der Waals surface area contributed by atoms with Crippen LogP contribution in [-0.4, -0.2) is 25.8 Å². The number of halogens is 1. The van der Waals surface area contributed by atoms with E-state index in [4.69, 9.17) is 17.3 Å². The lowest BCUT2D eigenvalue weighted by Crippen LogP contribution is -2.24. The van der Waals surface area contributed by atoms with Gasteiger partial charge in [0.15, 0.2) is 9.84 Å². The molecule has 0 heterocycles. The van der Waals surface area contributed by atoms with Crippen molar-refractivity contribution in [3.05, 3.63) is 23.2 Å². The molecule has 0 saturated carbocycles. The number of nitrogens with one attached hydrogen (secondary N) is 1. The Morgan fingerprint density at radius 1 is 1.44 bits per heavy atom. The smallest absolute Gasteiger partial charge is 0.239 e. The maximum absolute atomic E-state index is 11.5. The zero-order chi connectivity index (χ0) is 13.8. The standard InChI is InChI=1S/C11H15ClN2O3S/c1-2-5-18(16,17)7-11(15)14-8-3-4-9(12)10(13)6-8/h3-4,6H,2,5,7,13H2,1H3,(H,14,15). The minimum Gasteiger partial charge on any atom is -0.397 e. The highest BCUT2D eigenvalue weighted by Gasteiger charge is 2.15. The van der Waals surface area contributed by atoms with E-state index < -0.39 is 21.5 Å². The highest BCUT2D eigenvalue weighted by Crippen LogP contribution is 2.22. The minimum atomic E-state index is -3.34. The molecular formula is C11H15ClN2O3S. The molecule has 1 amide bonds. The number of anilines is 2. The molecule has 1 aromatic rings. The highest BCUT2D eigenvalue weighted by atomic mass is 35.5. The van der Waals surface area contributed by atoms with Gasteiger partial charge in [0.2, 0.25) is 5.91 Å². The predicted molar refractivity (Wildman–Crippen MR) is 73.4 cm³/mol. The molecule has 0 atom stereocenters. The second kappa shape index (κ2) is 6.06. The van der Waals surface area contributed by atoms with Gasteiger partial charge in [-0.25, -0.2) is 8.42 Å². The van der Waals surface area contributed by atoms with E-state index >= 15 is 0 Å². The van der Waals surface area contributed by atoms with Crippen LogP contribution in [0, 0.1) is 0 Å². The maximum atomic E-state index is 11.5. The molecule has 1 rings (SSSR count). The Hall–Kier alpha value is -1.27. The fourth-order valence-electron chi connectivity index (χ4n) is 1.40. The zero-order valence-corrected chi connectivity index (χ0v) is 11.5. The number of rotatable bonds is 5. The molecule has 0 saturated heterocycles. The summed E-state index contributed by atoms with van der Waals surface area (Å²) in [7, 11) is -3.34. The summed E-state index contributed by atoms with van der Waals surface area (Å²) in [5, 5.41) is 2.85. The monoisotopic (exact) mass is 290 g/mol. The van der Waals surface area contributed by atoms with Crippen molar-refractivity contribution in [1.82, 2.24) is 0 Å². The van der Waals surface area contributed by atoms with E-state index in [1.807, 2.05) is 0 Å². The minimum absolute atomic E-state index is 0.00315. The zero-order valence-electron chi connectivity index (χ0n) is 9.94. The van der Waals surface area contributed by atoms with Gasteiger partial charge >= 0.3 is 0 Å². The Morgan fingerprint density at radius 3 is 2.67 bits per heavy atom. The first kappa shape index (κ1) is 14.8. The summed E-state index contributed by atoms with van der Waals surface area (Å²) in [4.78, 5) is 11.5.